The van der Waals surface area contributed by atoms with Gasteiger partial charge in [0.1, 0.15) is 11.4 Å². The van der Waals surface area contributed by atoms with Gasteiger partial charge in [0.2, 0.25) is 15.9 Å². The minimum atomic E-state index is -3.56. The Morgan fingerprint density at radius 3 is 2.40 bits per heavy atom. The molecule has 0 aliphatic heterocycles. The van der Waals surface area contributed by atoms with Gasteiger partial charge in [0, 0.05) is 23.7 Å². The fourth-order valence-electron chi connectivity index (χ4n) is 3.16. The fourth-order valence-corrected chi connectivity index (χ4v) is 5.61. The summed E-state index contributed by atoms with van der Waals surface area (Å²) in [5, 5.41) is 3.23. The summed E-state index contributed by atoms with van der Waals surface area (Å²) in [6.07, 6.45) is 1.37. The maximum atomic E-state index is 12.7. The topological polar surface area (TPSA) is 101 Å². The van der Waals surface area contributed by atoms with Crippen molar-refractivity contribution in [3.05, 3.63) is 51.4 Å². The van der Waals surface area contributed by atoms with E-state index in [2.05, 4.69) is 10.3 Å². The molecule has 0 aliphatic rings. The summed E-state index contributed by atoms with van der Waals surface area (Å²) in [5.41, 5.74) is 1.08. The van der Waals surface area contributed by atoms with E-state index in [1.807, 2.05) is 13.8 Å². The molecule has 1 aromatic carbocycles. The second-order valence-corrected chi connectivity index (χ2v) is 9.94. The molecule has 0 unspecified atom stereocenters. The molecule has 2 aromatic heterocycles. The number of sulfonamides is 1. The van der Waals surface area contributed by atoms with Gasteiger partial charge >= 0.3 is 0 Å². The van der Waals surface area contributed by atoms with Crippen molar-refractivity contribution in [3.8, 4) is 0 Å². The highest BCUT2D eigenvalue weighted by Gasteiger charge is 2.21. The lowest BCUT2D eigenvalue weighted by atomic mass is 10.2. The number of fused-ring (bicyclic) bond motifs is 1. The Morgan fingerprint density at radius 2 is 1.80 bits per heavy atom. The zero-order chi connectivity index (χ0) is 22.1. The van der Waals surface area contributed by atoms with E-state index in [1.165, 1.54) is 50.8 Å². The summed E-state index contributed by atoms with van der Waals surface area (Å²) in [6.45, 7) is 7.94. The first-order valence-electron chi connectivity index (χ1n) is 9.54. The highest BCUT2D eigenvalue weighted by Crippen LogP contribution is 2.25. The van der Waals surface area contributed by atoms with Gasteiger partial charge < -0.3 is 5.32 Å². The number of hydrogen-bond acceptors (Lipinski definition) is 6. The lowest BCUT2D eigenvalue weighted by Gasteiger charge is -2.18. The highest BCUT2D eigenvalue weighted by molar-refractivity contribution is 7.89. The number of nitrogens with zero attached hydrogens (tertiary/aromatic N) is 3. The lowest BCUT2D eigenvalue weighted by molar-refractivity contribution is -0.116. The molecular weight excluding hydrogens is 424 g/mol. The molecule has 1 amide bonds. The number of carbonyl (C=O) groups excluding carboxylic acids is 1. The van der Waals surface area contributed by atoms with Crippen LogP contribution in [0.4, 0.5) is 5.69 Å². The second-order valence-electron chi connectivity index (χ2n) is 6.80. The first-order chi connectivity index (χ1) is 14.2. The van der Waals surface area contributed by atoms with E-state index in [0.717, 1.165) is 10.4 Å². The molecule has 30 heavy (non-hydrogen) atoms. The van der Waals surface area contributed by atoms with Gasteiger partial charge in [0.05, 0.1) is 16.6 Å². The Bertz CT molecular complexity index is 1240. The lowest BCUT2D eigenvalue weighted by Crippen LogP contribution is -2.30. The van der Waals surface area contributed by atoms with Crippen LogP contribution in [0.15, 0.2) is 40.3 Å². The molecule has 0 atom stereocenters. The van der Waals surface area contributed by atoms with Crippen LogP contribution in [0.5, 0.6) is 0 Å². The zero-order valence-corrected chi connectivity index (χ0v) is 18.9. The number of nitrogens with one attached hydrogen (secondary N) is 1. The van der Waals surface area contributed by atoms with Crippen molar-refractivity contribution in [2.24, 2.45) is 0 Å². The third-order valence-electron chi connectivity index (χ3n) is 4.95. The molecule has 3 aromatic rings. The van der Waals surface area contributed by atoms with E-state index in [0.29, 0.717) is 29.0 Å². The van der Waals surface area contributed by atoms with E-state index in [4.69, 9.17) is 0 Å². The zero-order valence-electron chi connectivity index (χ0n) is 17.3. The van der Waals surface area contributed by atoms with Crippen LogP contribution in [-0.2, 0) is 21.4 Å². The minimum absolute atomic E-state index is 0.165. The molecule has 3 rings (SSSR count). The second kappa shape index (κ2) is 8.66. The number of aryl methyl sites for hydroxylation is 2. The molecule has 0 bridgehead atoms. The highest BCUT2D eigenvalue weighted by atomic mass is 32.2. The number of benzene rings is 1. The Kier molecular flexibility index (Phi) is 6.39. The molecule has 0 fully saturated rings. The minimum Gasteiger partial charge on any atom is -0.325 e. The van der Waals surface area contributed by atoms with Crippen LogP contribution in [0.25, 0.3) is 10.2 Å². The summed E-state index contributed by atoms with van der Waals surface area (Å²) in [5.74, 6) is -0.401. The molecule has 0 spiro atoms. The number of carbonyl (C=O) groups is 1. The Labute approximate surface area is 179 Å². The third-order valence-corrected chi connectivity index (χ3v) is 8.13. The summed E-state index contributed by atoms with van der Waals surface area (Å²) in [6, 6.07) is 5.98. The molecule has 10 heteroatoms. The van der Waals surface area contributed by atoms with Crippen molar-refractivity contribution >= 4 is 43.2 Å². The van der Waals surface area contributed by atoms with Gasteiger partial charge in [-0.05, 0) is 43.7 Å². The van der Waals surface area contributed by atoms with Gasteiger partial charge in [-0.1, -0.05) is 13.8 Å². The summed E-state index contributed by atoms with van der Waals surface area (Å²) in [4.78, 5) is 31.3. The van der Waals surface area contributed by atoms with Crippen molar-refractivity contribution in [3.63, 3.8) is 0 Å². The van der Waals surface area contributed by atoms with Crippen molar-refractivity contribution in [2.45, 2.75) is 39.1 Å². The number of hydrogen-bond donors (Lipinski definition) is 1. The smallest absolute Gasteiger partial charge is 0.262 e. The molecule has 1 N–H and O–H groups in total. The average Bonchev–Trinajstić information content (AvgIpc) is 3.00. The number of aromatic nitrogens is 2. The molecule has 0 radical (unpaired) electrons. The molecular formula is C20H24N4O4S2. The Morgan fingerprint density at radius 1 is 1.17 bits per heavy atom. The van der Waals surface area contributed by atoms with Gasteiger partial charge in [0.15, 0.2) is 0 Å². The fraction of sp³-hybridized carbons (Fsp3) is 0.350. The average molecular weight is 449 g/mol. The van der Waals surface area contributed by atoms with Gasteiger partial charge in [-0.25, -0.2) is 13.4 Å². The van der Waals surface area contributed by atoms with Crippen molar-refractivity contribution in [2.75, 3.05) is 18.4 Å². The molecule has 160 valence electrons. The van der Waals surface area contributed by atoms with E-state index in [-0.39, 0.29) is 17.0 Å². The SMILES string of the molecule is CCN(CC)S(=O)(=O)c1ccc(NC(=O)Cn2cnc3sc(C)c(C)c3c2=O)cc1. The van der Waals surface area contributed by atoms with Crippen LogP contribution >= 0.6 is 11.3 Å². The van der Waals surface area contributed by atoms with Crippen LogP contribution in [0.1, 0.15) is 24.3 Å². The third kappa shape index (κ3) is 4.16. The molecule has 0 saturated heterocycles. The predicted molar refractivity (Wildman–Crippen MR) is 119 cm³/mol. The predicted octanol–water partition coefficient (Wildman–Crippen LogP) is 2.74. The number of thiophene rings is 1. The van der Waals surface area contributed by atoms with Crippen molar-refractivity contribution in [1.82, 2.24) is 13.9 Å². The summed E-state index contributed by atoms with van der Waals surface area (Å²) >= 11 is 1.45. The van der Waals surface area contributed by atoms with Crippen molar-refractivity contribution < 1.29 is 13.2 Å². The van der Waals surface area contributed by atoms with Gasteiger partial charge in [-0.3, -0.25) is 14.2 Å². The van der Waals surface area contributed by atoms with Gasteiger partial charge in [-0.15, -0.1) is 11.3 Å². The van der Waals surface area contributed by atoms with Gasteiger partial charge in [0.25, 0.3) is 5.56 Å². The monoisotopic (exact) mass is 448 g/mol. The molecule has 0 aliphatic carbocycles. The maximum Gasteiger partial charge on any atom is 0.262 e. The van der Waals surface area contributed by atoms with Gasteiger partial charge in [-0.2, -0.15) is 4.31 Å². The van der Waals surface area contributed by atoms with Crippen LogP contribution in [0.3, 0.4) is 0 Å². The molecule has 0 saturated carbocycles. The largest absolute Gasteiger partial charge is 0.325 e. The molecule has 2 heterocycles. The maximum absolute atomic E-state index is 12.7. The number of amides is 1. The summed E-state index contributed by atoms with van der Waals surface area (Å²) < 4.78 is 27.7. The Balaban J connectivity index is 1.76. The standard InChI is InChI=1S/C20H24N4O4S2/c1-5-24(6-2)30(27,28)16-9-7-15(8-10-16)22-17(25)11-23-12-21-19-18(20(23)26)13(3)14(4)29-19/h7-10,12H,5-6,11H2,1-4H3,(H,22,25). The van der Waals surface area contributed by atoms with Crippen molar-refractivity contribution in [1.29, 1.82) is 0 Å². The van der Waals surface area contributed by atoms with Crippen LogP contribution < -0.4 is 10.9 Å². The normalized spacial score (nSPS) is 11.9. The number of anilines is 1. The van der Waals surface area contributed by atoms with Crippen LogP contribution in [0.2, 0.25) is 0 Å². The van der Waals surface area contributed by atoms with Crippen LogP contribution in [-0.4, -0.2) is 41.3 Å². The summed E-state index contributed by atoms with van der Waals surface area (Å²) in [7, 11) is -3.56. The van der Waals surface area contributed by atoms with E-state index in [9.17, 15) is 18.0 Å². The first-order valence-corrected chi connectivity index (χ1v) is 11.8. The quantitative estimate of drug-likeness (QED) is 0.599. The number of rotatable bonds is 7. The molecule has 8 nitrogen and oxygen atoms in total. The Hall–Kier alpha value is -2.56. The van der Waals surface area contributed by atoms with E-state index >= 15 is 0 Å². The van der Waals surface area contributed by atoms with Crippen LogP contribution in [0, 0.1) is 13.8 Å². The first kappa shape index (κ1) is 22.1. The van der Waals surface area contributed by atoms with E-state index in [1.54, 1.807) is 13.8 Å². The van der Waals surface area contributed by atoms with E-state index < -0.39 is 15.9 Å².